The monoisotopic (exact) mass is 185 g/mol. The molecule has 0 spiro atoms. The molecule has 0 radical (unpaired) electrons. The summed E-state index contributed by atoms with van der Waals surface area (Å²) in [6, 6.07) is 0. The smallest absolute Gasteiger partial charge is 0.0462 e. The first kappa shape index (κ1) is 11.0. The van der Waals surface area contributed by atoms with E-state index in [0.717, 1.165) is 6.61 Å². The second-order valence-electron chi connectivity index (χ2n) is 4.30. The molecule has 1 aliphatic heterocycles. The summed E-state index contributed by atoms with van der Waals surface area (Å²) < 4.78 is 5.05. The van der Waals surface area contributed by atoms with Crippen LogP contribution < -0.4 is 5.32 Å². The number of hydrogen-bond acceptors (Lipinski definition) is 2. The van der Waals surface area contributed by atoms with Crippen molar-refractivity contribution in [1.82, 2.24) is 5.32 Å². The molecule has 0 saturated carbocycles. The number of nitrogens with one attached hydrogen (secondary N) is 1. The van der Waals surface area contributed by atoms with Gasteiger partial charge in [-0.3, -0.25) is 0 Å². The fourth-order valence-electron chi connectivity index (χ4n) is 2.23. The van der Waals surface area contributed by atoms with Crippen LogP contribution in [0.25, 0.3) is 0 Å². The van der Waals surface area contributed by atoms with E-state index in [1.807, 2.05) is 0 Å². The minimum absolute atomic E-state index is 0.655. The standard InChI is InChI=1S/C11H23NO/c1-3-6-11(9-12-10-11)7-4-5-8-13-2/h12H,3-10H2,1-2H3. The van der Waals surface area contributed by atoms with Crippen LogP contribution in [0.15, 0.2) is 0 Å². The van der Waals surface area contributed by atoms with Gasteiger partial charge in [-0.05, 0) is 24.7 Å². The molecule has 0 aliphatic carbocycles. The van der Waals surface area contributed by atoms with Crippen LogP contribution in [0.1, 0.15) is 39.0 Å². The van der Waals surface area contributed by atoms with Gasteiger partial charge in [0, 0.05) is 26.8 Å². The Kier molecular flexibility index (Phi) is 4.74. The maximum atomic E-state index is 5.05. The van der Waals surface area contributed by atoms with Crippen molar-refractivity contribution in [1.29, 1.82) is 0 Å². The zero-order chi connectivity index (χ0) is 9.57. The van der Waals surface area contributed by atoms with E-state index >= 15 is 0 Å². The van der Waals surface area contributed by atoms with Crippen molar-refractivity contribution in [3.05, 3.63) is 0 Å². The lowest BCUT2D eigenvalue weighted by Crippen LogP contribution is -2.53. The average molecular weight is 185 g/mol. The van der Waals surface area contributed by atoms with Gasteiger partial charge in [0.25, 0.3) is 0 Å². The first-order valence-electron chi connectivity index (χ1n) is 5.53. The van der Waals surface area contributed by atoms with E-state index in [9.17, 15) is 0 Å². The summed E-state index contributed by atoms with van der Waals surface area (Å²) in [7, 11) is 1.78. The lowest BCUT2D eigenvalue weighted by atomic mass is 9.74. The minimum Gasteiger partial charge on any atom is -0.385 e. The van der Waals surface area contributed by atoms with E-state index in [1.54, 1.807) is 7.11 Å². The molecule has 1 aliphatic rings. The lowest BCUT2D eigenvalue weighted by Gasteiger charge is -2.43. The van der Waals surface area contributed by atoms with Crippen molar-refractivity contribution in [3.8, 4) is 0 Å². The Hall–Kier alpha value is -0.0800. The highest BCUT2D eigenvalue weighted by molar-refractivity contribution is 4.91. The van der Waals surface area contributed by atoms with Gasteiger partial charge in [-0.2, -0.15) is 0 Å². The number of hydrogen-bond donors (Lipinski definition) is 1. The number of methoxy groups -OCH3 is 1. The first-order valence-corrected chi connectivity index (χ1v) is 5.53. The zero-order valence-corrected chi connectivity index (χ0v) is 9.07. The average Bonchev–Trinajstić information content (AvgIpc) is 2.08. The molecule has 2 heteroatoms. The molecule has 0 aromatic carbocycles. The summed E-state index contributed by atoms with van der Waals surface area (Å²) in [4.78, 5) is 0. The predicted molar refractivity (Wildman–Crippen MR) is 55.9 cm³/mol. The van der Waals surface area contributed by atoms with Crippen LogP contribution in [0.2, 0.25) is 0 Å². The lowest BCUT2D eigenvalue weighted by molar-refractivity contribution is 0.123. The van der Waals surface area contributed by atoms with Crippen LogP contribution in [-0.2, 0) is 4.74 Å². The number of rotatable bonds is 7. The fraction of sp³-hybridized carbons (Fsp3) is 1.00. The van der Waals surface area contributed by atoms with Crippen LogP contribution in [0.3, 0.4) is 0 Å². The molecular weight excluding hydrogens is 162 g/mol. The van der Waals surface area contributed by atoms with Crippen molar-refractivity contribution in [2.24, 2.45) is 5.41 Å². The summed E-state index contributed by atoms with van der Waals surface area (Å²) in [5.74, 6) is 0. The Morgan fingerprint density at radius 3 is 2.46 bits per heavy atom. The van der Waals surface area contributed by atoms with Gasteiger partial charge in [-0.1, -0.05) is 19.8 Å². The maximum Gasteiger partial charge on any atom is 0.0462 e. The second-order valence-corrected chi connectivity index (χ2v) is 4.30. The van der Waals surface area contributed by atoms with Gasteiger partial charge >= 0.3 is 0 Å². The molecule has 1 heterocycles. The van der Waals surface area contributed by atoms with Gasteiger partial charge in [0.1, 0.15) is 0 Å². The molecule has 1 N–H and O–H groups in total. The summed E-state index contributed by atoms with van der Waals surface area (Å²) in [6.45, 7) is 5.70. The van der Waals surface area contributed by atoms with Crippen LogP contribution in [-0.4, -0.2) is 26.8 Å². The minimum atomic E-state index is 0.655. The van der Waals surface area contributed by atoms with E-state index in [2.05, 4.69) is 12.2 Å². The summed E-state index contributed by atoms with van der Waals surface area (Å²) in [5.41, 5.74) is 0.655. The summed E-state index contributed by atoms with van der Waals surface area (Å²) in [6.07, 6.45) is 6.66. The van der Waals surface area contributed by atoms with Crippen LogP contribution >= 0.6 is 0 Å². The third-order valence-electron chi connectivity index (χ3n) is 3.09. The molecule has 0 amide bonds. The molecule has 1 rings (SSSR count). The molecule has 78 valence electrons. The Balaban J connectivity index is 2.09. The Morgan fingerprint density at radius 1 is 1.23 bits per heavy atom. The van der Waals surface area contributed by atoms with Crippen LogP contribution in [0.5, 0.6) is 0 Å². The second kappa shape index (κ2) is 5.61. The third kappa shape index (κ3) is 3.28. The summed E-state index contributed by atoms with van der Waals surface area (Å²) in [5, 5.41) is 3.40. The molecule has 2 nitrogen and oxygen atoms in total. The molecule has 0 aromatic rings. The highest BCUT2D eigenvalue weighted by Crippen LogP contribution is 2.34. The Morgan fingerprint density at radius 2 is 2.00 bits per heavy atom. The molecule has 0 unspecified atom stereocenters. The van der Waals surface area contributed by atoms with E-state index < -0.39 is 0 Å². The van der Waals surface area contributed by atoms with E-state index in [-0.39, 0.29) is 0 Å². The normalized spacial score (nSPS) is 19.8. The number of unbranched alkanes of at least 4 members (excludes halogenated alkanes) is 1. The molecule has 13 heavy (non-hydrogen) atoms. The van der Waals surface area contributed by atoms with E-state index in [0.29, 0.717) is 5.41 Å². The number of ether oxygens (including phenoxy) is 1. The van der Waals surface area contributed by atoms with Gasteiger partial charge in [-0.25, -0.2) is 0 Å². The summed E-state index contributed by atoms with van der Waals surface area (Å²) >= 11 is 0. The van der Waals surface area contributed by atoms with Crippen LogP contribution in [0, 0.1) is 5.41 Å². The highest BCUT2D eigenvalue weighted by atomic mass is 16.5. The molecule has 0 aromatic heterocycles. The van der Waals surface area contributed by atoms with E-state index in [1.165, 1.54) is 45.2 Å². The van der Waals surface area contributed by atoms with Crippen molar-refractivity contribution in [3.63, 3.8) is 0 Å². The highest BCUT2D eigenvalue weighted by Gasteiger charge is 2.34. The predicted octanol–water partition coefficient (Wildman–Crippen LogP) is 2.19. The Bertz CT molecular complexity index is 132. The van der Waals surface area contributed by atoms with Crippen molar-refractivity contribution in [2.75, 3.05) is 26.8 Å². The SMILES string of the molecule is CCCC1(CCCCOC)CNC1. The molecule has 0 bridgehead atoms. The first-order chi connectivity index (χ1) is 6.33. The Labute approximate surface area is 82.0 Å². The van der Waals surface area contributed by atoms with Crippen molar-refractivity contribution in [2.45, 2.75) is 39.0 Å². The topological polar surface area (TPSA) is 21.3 Å². The fourth-order valence-corrected chi connectivity index (χ4v) is 2.23. The quantitative estimate of drug-likeness (QED) is 0.614. The molecule has 1 fully saturated rings. The van der Waals surface area contributed by atoms with Crippen LogP contribution in [0.4, 0.5) is 0 Å². The van der Waals surface area contributed by atoms with Gasteiger partial charge in [0.15, 0.2) is 0 Å². The molecular formula is C11H23NO. The van der Waals surface area contributed by atoms with Crippen molar-refractivity contribution >= 4 is 0 Å². The molecule has 1 saturated heterocycles. The van der Waals surface area contributed by atoms with Gasteiger partial charge in [-0.15, -0.1) is 0 Å². The van der Waals surface area contributed by atoms with Gasteiger partial charge in [0.2, 0.25) is 0 Å². The molecule has 0 atom stereocenters. The van der Waals surface area contributed by atoms with Gasteiger partial charge in [0.05, 0.1) is 0 Å². The van der Waals surface area contributed by atoms with Gasteiger partial charge < -0.3 is 10.1 Å². The zero-order valence-electron chi connectivity index (χ0n) is 9.07. The maximum absolute atomic E-state index is 5.05. The van der Waals surface area contributed by atoms with Crippen molar-refractivity contribution < 1.29 is 4.74 Å². The largest absolute Gasteiger partial charge is 0.385 e. The third-order valence-corrected chi connectivity index (χ3v) is 3.09. The van der Waals surface area contributed by atoms with E-state index in [4.69, 9.17) is 4.74 Å².